The number of hydrogen-bond acceptors (Lipinski definition) is 7. The van der Waals surface area contributed by atoms with Gasteiger partial charge in [-0.15, -0.1) is 11.3 Å². The number of phenolic OH excluding ortho intramolecular Hbond substituents is 1. The van der Waals surface area contributed by atoms with Crippen molar-refractivity contribution in [1.29, 1.82) is 0 Å². The molecule has 0 unspecified atom stereocenters. The number of benzene rings is 1. The molecule has 0 saturated carbocycles. The van der Waals surface area contributed by atoms with Crippen LogP contribution in [0.2, 0.25) is 0 Å². The minimum absolute atomic E-state index is 0.211. The van der Waals surface area contributed by atoms with Gasteiger partial charge >= 0.3 is 0 Å². The summed E-state index contributed by atoms with van der Waals surface area (Å²) in [7, 11) is 0. The van der Waals surface area contributed by atoms with E-state index < -0.39 is 0 Å². The topological polar surface area (TPSA) is 76.3 Å². The Kier molecular flexibility index (Phi) is 4.04. The van der Waals surface area contributed by atoms with Crippen molar-refractivity contribution in [2.75, 3.05) is 18.1 Å². The van der Waals surface area contributed by atoms with Gasteiger partial charge in [0.25, 0.3) is 0 Å². The lowest BCUT2D eigenvalue weighted by molar-refractivity contribution is 0.328. The fraction of sp³-hybridized carbons (Fsp3) is 0.312. The molecular weight excluding hydrogens is 326 g/mol. The Morgan fingerprint density at radius 3 is 3.12 bits per heavy atom. The van der Waals surface area contributed by atoms with E-state index in [0.717, 1.165) is 30.2 Å². The zero-order valence-corrected chi connectivity index (χ0v) is 13.8. The Morgan fingerprint density at radius 2 is 2.25 bits per heavy atom. The molecule has 1 aliphatic heterocycles. The van der Waals surface area contributed by atoms with Gasteiger partial charge in [-0.1, -0.05) is 11.2 Å². The van der Waals surface area contributed by atoms with Crippen LogP contribution in [-0.4, -0.2) is 38.5 Å². The number of anilines is 1. The molecule has 3 heterocycles. The quantitative estimate of drug-likeness (QED) is 0.782. The van der Waals surface area contributed by atoms with Crippen LogP contribution in [0.3, 0.4) is 0 Å². The lowest BCUT2D eigenvalue weighted by Gasteiger charge is -2.20. The minimum atomic E-state index is 0.211. The van der Waals surface area contributed by atoms with Crippen molar-refractivity contribution in [3.63, 3.8) is 0 Å². The Balaban J connectivity index is 1.53. The van der Waals surface area contributed by atoms with Crippen LogP contribution in [-0.2, 0) is 19.5 Å². The summed E-state index contributed by atoms with van der Waals surface area (Å²) in [5.74, 6) is 1.68. The van der Waals surface area contributed by atoms with Crippen LogP contribution in [0.25, 0.3) is 0 Å². The molecule has 0 atom stereocenters. The molecule has 1 N–H and O–H groups in total. The summed E-state index contributed by atoms with van der Waals surface area (Å²) >= 11 is 1.74. The van der Waals surface area contributed by atoms with E-state index in [1.165, 1.54) is 4.88 Å². The molecule has 7 nitrogen and oxygen atoms in total. The molecule has 0 fully saturated rings. The van der Waals surface area contributed by atoms with Crippen LogP contribution in [0.15, 0.2) is 35.7 Å². The molecule has 0 aliphatic carbocycles. The van der Waals surface area contributed by atoms with Gasteiger partial charge in [0.05, 0.1) is 13.1 Å². The molecule has 2 aromatic heterocycles. The summed E-state index contributed by atoms with van der Waals surface area (Å²) < 4.78 is 7.58. The van der Waals surface area contributed by atoms with Crippen molar-refractivity contribution in [3.8, 4) is 11.5 Å². The third-order valence-electron chi connectivity index (χ3n) is 3.98. The Labute approximate surface area is 143 Å². The highest BCUT2D eigenvalue weighted by molar-refractivity contribution is 7.09. The number of aromatic nitrogens is 4. The van der Waals surface area contributed by atoms with Crippen LogP contribution >= 0.6 is 11.3 Å². The number of aryl methyl sites for hydroxylation is 2. The molecule has 0 radical (unpaired) electrons. The van der Waals surface area contributed by atoms with E-state index in [1.54, 1.807) is 23.5 Å². The monoisotopic (exact) mass is 343 g/mol. The van der Waals surface area contributed by atoms with E-state index in [2.05, 4.69) is 37.9 Å². The molecule has 1 aliphatic rings. The first kappa shape index (κ1) is 14.9. The third kappa shape index (κ3) is 3.05. The number of ether oxygens (including phenoxy) is 1. The lowest BCUT2D eigenvalue weighted by Crippen LogP contribution is -2.28. The van der Waals surface area contributed by atoms with Gasteiger partial charge in [-0.2, -0.15) is 0 Å². The number of fused-ring (bicyclic) bond motifs is 1. The van der Waals surface area contributed by atoms with Crippen LogP contribution in [0.5, 0.6) is 11.5 Å². The molecule has 3 aromatic rings. The summed E-state index contributed by atoms with van der Waals surface area (Å²) in [5, 5.41) is 23.9. The normalized spacial score (nSPS) is 14.1. The van der Waals surface area contributed by atoms with Gasteiger partial charge in [-0.25, -0.2) is 4.68 Å². The number of phenols is 1. The van der Waals surface area contributed by atoms with Crippen molar-refractivity contribution in [3.05, 3.63) is 46.2 Å². The molecule has 0 amide bonds. The van der Waals surface area contributed by atoms with Gasteiger partial charge in [-0.3, -0.25) is 0 Å². The fourth-order valence-corrected chi connectivity index (χ4v) is 3.47. The molecule has 4 rings (SSSR count). The van der Waals surface area contributed by atoms with Gasteiger partial charge < -0.3 is 14.7 Å². The Morgan fingerprint density at radius 1 is 1.29 bits per heavy atom. The largest absolute Gasteiger partial charge is 0.508 e. The van der Waals surface area contributed by atoms with Crippen molar-refractivity contribution in [2.24, 2.45) is 0 Å². The lowest BCUT2D eigenvalue weighted by atomic mass is 10.2. The second-order valence-corrected chi connectivity index (χ2v) is 6.63. The molecule has 24 heavy (non-hydrogen) atoms. The average molecular weight is 343 g/mol. The molecule has 8 heteroatoms. The molecule has 0 saturated heterocycles. The summed E-state index contributed by atoms with van der Waals surface area (Å²) in [6, 6.07) is 9.38. The number of rotatable bonds is 4. The highest BCUT2D eigenvalue weighted by atomic mass is 32.1. The van der Waals surface area contributed by atoms with Gasteiger partial charge in [0, 0.05) is 29.5 Å². The second kappa shape index (κ2) is 6.48. The summed E-state index contributed by atoms with van der Waals surface area (Å²) in [5.41, 5.74) is 1.01. The van der Waals surface area contributed by atoms with Crippen molar-refractivity contribution in [2.45, 2.75) is 19.5 Å². The number of hydrogen-bond donors (Lipinski definition) is 1. The Hall–Kier alpha value is -2.61. The Bertz CT molecular complexity index is 818. The van der Waals surface area contributed by atoms with E-state index >= 15 is 0 Å². The first-order chi connectivity index (χ1) is 11.8. The number of tetrazole rings is 1. The first-order valence-electron chi connectivity index (χ1n) is 7.78. The van der Waals surface area contributed by atoms with Gasteiger partial charge in [0.1, 0.15) is 18.1 Å². The zero-order valence-electron chi connectivity index (χ0n) is 13.0. The average Bonchev–Trinajstić information content (AvgIpc) is 3.21. The fourth-order valence-electron chi connectivity index (χ4n) is 2.77. The summed E-state index contributed by atoms with van der Waals surface area (Å²) in [6.07, 6.45) is 0.907. The van der Waals surface area contributed by atoms with Crippen LogP contribution in [0.1, 0.15) is 10.4 Å². The predicted octanol–water partition coefficient (Wildman–Crippen LogP) is 2.08. The molecule has 1 aromatic carbocycles. The predicted molar refractivity (Wildman–Crippen MR) is 90.5 cm³/mol. The molecular formula is C16H17N5O2S. The van der Waals surface area contributed by atoms with Crippen LogP contribution in [0, 0.1) is 0 Å². The maximum Gasteiger partial charge on any atom is 0.245 e. The standard InChI is InChI=1S/C16H17N5O2S/c22-13-4-3-12-11-20(7-8-23-15(12)10-13)16-17-18-19-21(16)6-5-14-2-1-9-24-14/h1-4,9-10,22H,5-8,11H2. The van der Waals surface area contributed by atoms with Gasteiger partial charge in [-0.05, 0) is 34.0 Å². The summed E-state index contributed by atoms with van der Waals surface area (Å²) in [6.45, 7) is 2.60. The minimum Gasteiger partial charge on any atom is -0.508 e. The maximum atomic E-state index is 9.61. The third-order valence-corrected chi connectivity index (χ3v) is 4.91. The summed E-state index contributed by atoms with van der Waals surface area (Å²) in [4.78, 5) is 3.42. The first-order valence-corrected chi connectivity index (χ1v) is 8.66. The van der Waals surface area contributed by atoms with Crippen LogP contribution < -0.4 is 9.64 Å². The highest BCUT2D eigenvalue weighted by Crippen LogP contribution is 2.28. The SMILES string of the molecule is Oc1ccc2c(c1)OCCN(c1nnnn1CCc1cccs1)C2. The van der Waals surface area contributed by atoms with E-state index in [9.17, 15) is 5.11 Å². The van der Waals surface area contributed by atoms with E-state index in [1.807, 2.05) is 10.7 Å². The second-order valence-electron chi connectivity index (χ2n) is 5.59. The number of aromatic hydroxyl groups is 1. The van der Waals surface area contributed by atoms with Crippen molar-refractivity contribution in [1.82, 2.24) is 20.2 Å². The number of thiophene rings is 1. The number of nitrogens with zero attached hydrogens (tertiary/aromatic N) is 5. The maximum absolute atomic E-state index is 9.61. The van der Waals surface area contributed by atoms with Gasteiger partial charge in [0.15, 0.2) is 0 Å². The zero-order chi connectivity index (χ0) is 16.4. The van der Waals surface area contributed by atoms with E-state index in [-0.39, 0.29) is 5.75 Å². The van der Waals surface area contributed by atoms with Crippen molar-refractivity contribution < 1.29 is 9.84 Å². The highest BCUT2D eigenvalue weighted by Gasteiger charge is 2.20. The smallest absolute Gasteiger partial charge is 0.245 e. The van der Waals surface area contributed by atoms with Crippen LogP contribution in [0.4, 0.5) is 5.95 Å². The molecule has 0 bridgehead atoms. The van der Waals surface area contributed by atoms with E-state index in [4.69, 9.17) is 4.74 Å². The molecule has 124 valence electrons. The van der Waals surface area contributed by atoms with E-state index in [0.29, 0.717) is 19.7 Å². The van der Waals surface area contributed by atoms with Gasteiger partial charge in [0.2, 0.25) is 5.95 Å². The van der Waals surface area contributed by atoms with Crippen molar-refractivity contribution >= 4 is 17.3 Å². The molecule has 0 spiro atoms.